The molecule has 0 radical (unpaired) electrons. The van der Waals surface area contributed by atoms with Crippen LogP contribution in [0.25, 0.3) is 5.69 Å². The summed E-state index contributed by atoms with van der Waals surface area (Å²) >= 11 is 6.10. The summed E-state index contributed by atoms with van der Waals surface area (Å²) in [6.07, 6.45) is 3.00. The van der Waals surface area contributed by atoms with Crippen LogP contribution in [0.2, 0.25) is 5.15 Å². The molecule has 1 aliphatic carbocycles. The van der Waals surface area contributed by atoms with Gasteiger partial charge in [-0.1, -0.05) is 0 Å². The quantitative estimate of drug-likeness (QED) is 0.371. The molecular formula is C25H21BClF3N6O2S. The third kappa shape index (κ3) is 4.30. The number of nitrogens with one attached hydrogen (secondary N) is 1. The van der Waals surface area contributed by atoms with Crippen LogP contribution in [0.15, 0.2) is 47.5 Å². The zero-order valence-corrected chi connectivity index (χ0v) is 22.1. The summed E-state index contributed by atoms with van der Waals surface area (Å²) < 4.78 is 59.7. The van der Waals surface area contributed by atoms with Gasteiger partial charge >= 0.3 is 228 Å². The number of carbonyl (C=O) groups is 1. The second-order valence-corrected chi connectivity index (χ2v) is 13.2. The van der Waals surface area contributed by atoms with Crippen LogP contribution in [0, 0.1) is 24.1 Å². The zero-order chi connectivity index (χ0) is 27.7. The number of halogens is 4. The summed E-state index contributed by atoms with van der Waals surface area (Å²) in [6, 6.07) is 9.06. The minimum absolute atomic E-state index is 0.0240. The number of amides is 1. The molecule has 2 fully saturated rings. The summed E-state index contributed by atoms with van der Waals surface area (Å²) in [5.41, 5.74) is -0.421. The van der Waals surface area contributed by atoms with E-state index in [4.69, 9.17) is 11.6 Å². The summed E-state index contributed by atoms with van der Waals surface area (Å²) in [5, 5.41) is 16.2. The number of anilines is 1. The number of nitriles is 1. The number of aryl methyl sites for hydroxylation is 1. The molecule has 1 amide bonds. The molecule has 2 aromatic heterocycles. The molecule has 3 aliphatic rings. The monoisotopic (exact) mass is 572 g/mol. The number of aromatic nitrogens is 3. The number of nitrogens with zero attached hydrogens (tertiary/aromatic N) is 5. The Morgan fingerprint density at radius 2 is 2.05 bits per heavy atom. The fraction of sp³-hybridized carbons (Fsp3) is 0.360. The van der Waals surface area contributed by atoms with Crippen molar-refractivity contribution >= 4 is 38.8 Å². The van der Waals surface area contributed by atoms with E-state index < -0.39 is 49.3 Å². The van der Waals surface area contributed by atoms with Crippen molar-refractivity contribution in [3.05, 3.63) is 64.8 Å². The van der Waals surface area contributed by atoms with Crippen LogP contribution in [-0.2, 0) is 20.0 Å². The normalized spacial score (nSPS) is 25.8. The molecule has 1 aromatic carbocycles. The maximum atomic E-state index is 15.0. The number of fused-ring (bicyclic) bond motifs is 1. The van der Waals surface area contributed by atoms with Gasteiger partial charge in [0.15, 0.2) is 0 Å². The maximum absolute atomic E-state index is 15.0. The van der Waals surface area contributed by atoms with Gasteiger partial charge in [-0.3, -0.25) is 0 Å². The first-order chi connectivity index (χ1) is 18.4. The fourth-order valence-electron chi connectivity index (χ4n) is 5.33. The Balaban J connectivity index is 1.45. The molecule has 3 atom stereocenters. The predicted molar refractivity (Wildman–Crippen MR) is 139 cm³/mol. The Labute approximate surface area is 227 Å². The second kappa shape index (κ2) is 8.82. The van der Waals surface area contributed by atoms with Crippen molar-refractivity contribution in [3.63, 3.8) is 0 Å². The molecule has 200 valence electrons. The Kier molecular flexibility index (Phi) is 5.86. The van der Waals surface area contributed by atoms with E-state index in [0.29, 0.717) is 42.3 Å². The predicted octanol–water partition coefficient (Wildman–Crippen LogP) is 3.51. The van der Waals surface area contributed by atoms with E-state index in [1.807, 2.05) is 0 Å². The molecule has 39 heavy (non-hydrogen) atoms. The molecule has 1 saturated heterocycles. The molecule has 8 nitrogen and oxygen atoms in total. The summed E-state index contributed by atoms with van der Waals surface area (Å²) in [6.45, 7) is 1.74. The molecule has 14 heteroatoms. The van der Waals surface area contributed by atoms with E-state index >= 15 is 0 Å². The number of rotatable bonds is 5. The Bertz CT molecular complexity index is 1690. The number of pyridine rings is 1. The summed E-state index contributed by atoms with van der Waals surface area (Å²) in [7, 11) is -3.52. The van der Waals surface area contributed by atoms with Gasteiger partial charge in [0.25, 0.3) is 0 Å². The number of benzene rings is 1. The minimum atomic E-state index is -3.59. The van der Waals surface area contributed by atoms with Crippen LogP contribution in [0.1, 0.15) is 30.5 Å². The standard InChI is InChI=1S/C25H21BClF3N6O2S/c1-14-8-22(36(34-14)16-4-7-32-21(27)10-16)35-12-17(11-19(35)23(37)33-24(13-31)5-6-24)39(38)20-3-2-15(28)9-18(20)25(29,30)26-39/h2-4,7-10,17,19H,5-6,11-12H2,1H3,(H,33,37)/t17-,19+,39?/m1/s1. The second-order valence-electron chi connectivity index (χ2n) is 10.1. The van der Waals surface area contributed by atoms with Gasteiger partial charge in [-0.25, -0.2) is 0 Å². The van der Waals surface area contributed by atoms with E-state index in [2.05, 4.69) is 21.5 Å². The molecule has 4 heterocycles. The molecule has 1 N–H and O–H groups in total. The molecule has 6 rings (SSSR count). The van der Waals surface area contributed by atoms with Crippen LogP contribution >= 0.6 is 11.6 Å². The third-order valence-corrected chi connectivity index (χ3v) is 10.6. The van der Waals surface area contributed by atoms with Crippen molar-refractivity contribution < 1.29 is 22.2 Å². The molecular weight excluding hydrogens is 552 g/mol. The van der Waals surface area contributed by atoms with E-state index in [0.717, 1.165) is 12.1 Å². The van der Waals surface area contributed by atoms with Crippen molar-refractivity contribution in [2.75, 3.05) is 11.4 Å². The van der Waals surface area contributed by atoms with Crippen molar-refractivity contribution in [1.82, 2.24) is 20.1 Å². The average Bonchev–Trinajstić information content (AvgIpc) is 3.23. The summed E-state index contributed by atoms with van der Waals surface area (Å²) in [4.78, 5) is 19.1. The van der Waals surface area contributed by atoms with Crippen LogP contribution in [0.3, 0.4) is 0 Å². The van der Waals surface area contributed by atoms with Gasteiger partial charge in [0.2, 0.25) is 0 Å². The average molecular weight is 573 g/mol. The number of hydrogen-bond donors (Lipinski definition) is 1. The van der Waals surface area contributed by atoms with Gasteiger partial charge in [0.1, 0.15) is 0 Å². The molecule has 1 unspecified atom stereocenters. The first-order valence-corrected chi connectivity index (χ1v) is 14.3. The van der Waals surface area contributed by atoms with Gasteiger partial charge in [-0.15, -0.1) is 0 Å². The third-order valence-electron chi connectivity index (χ3n) is 7.42. The molecule has 2 aliphatic heterocycles. The Morgan fingerprint density at radius 1 is 1.28 bits per heavy atom. The molecule has 3 aromatic rings. The van der Waals surface area contributed by atoms with Crippen molar-refractivity contribution in [2.24, 2.45) is 0 Å². The van der Waals surface area contributed by atoms with Gasteiger partial charge in [-0.05, 0) is 0 Å². The SMILES string of the molecule is Cc1cc(N2C[C@H](S3(=O)=BC(F)(F)c4cc(F)ccc43)C[C@H]2C(=O)NC2(C#N)CC2)n(-c2ccnc(Cl)c2)n1. The van der Waals surface area contributed by atoms with Crippen LogP contribution in [0.5, 0.6) is 0 Å². The van der Waals surface area contributed by atoms with E-state index in [1.54, 1.807) is 34.7 Å². The van der Waals surface area contributed by atoms with Gasteiger partial charge in [-0.2, -0.15) is 0 Å². The van der Waals surface area contributed by atoms with Gasteiger partial charge < -0.3 is 0 Å². The Hall–Kier alpha value is -3.37. The number of hydrogen-bond acceptors (Lipinski definition) is 6. The zero-order valence-electron chi connectivity index (χ0n) is 20.6. The van der Waals surface area contributed by atoms with Crippen LogP contribution in [-0.4, -0.2) is 54.4 Å². The van der Waals surface area contributed by atoms with Gasteiger partial charge in [0, 0.05) is 0 Å². The van der Waals surface area contributed by atoms with E-state index in [1.165, 1.54) is 6.20 Å². The molecule has 1 saturated carbocycles. The van der Waals surface area contributed by atoms with Crippen molar-refractivity contribution in [3.8, 4) is 11.8 Å². The number of alkyl halides is 2. The molecule has 0 spiro atoms. The van der Waals surface area contributed by atoms with Crippen LogP contribution in [0.4, 0.5) is 19.0 Å². The van der Waals surface area contributed by atoms with Crippen molar-refractivity contribution in [1.29, 1.82) is 5.26 Å². The van der Waals surface area contributed by atoms with Crippen LogP contribution < -0.4 is 10.2 Å². The number of carbonyl (C=O) groups excluding carboxylic acids is 1. The van der Waals surface area contributed by atoms with E-state index in [-0.39, 0.29) is 23.0 Å². The Morgan fingerprint density at radius 3 is 2.74 bits per heavy atom. The fourth-order valence-corrected chi connectivity index (χ4v) is 8.41. The summed E-state index contributed by atoms with van der Waals surface area (Å²) in [5.74, 6) is -4.45. The van der Waals surface area contributed by atoms with E-state index in [9.17, 15) is 27.4 Å². The topological polar surface area (TPSA) is 104 Å². The first-order valence-electron chi connectivity index (χ1n) is 12.2. The van der Waals surface area contributed by atoms with Crippen molar-refractivity contribution in [2.45, 2.75) is 53.7 Å². The molecule has 0 bridgehead atoms. The van der Waals surface area contributed by atoms with Gasteiger partial charge in [0.05, 0.1) is 0 Å². The first kappa shape index (κ1) is 25.9.